The number of benzene rings is 1. The summed E-state index contributed by atoms with van der Waals surface area (Å²) in [6.45, 7) is 1.92. The van der Waals surface area contributed by atoms with Crippen LogP contribution in [0.25, 0.3) is 0 Å². The zero-order valence-corrected chi connectivity index (χ0v) is 9.77. The molecule has 4 heteroatoms. The molecule has 1 rings (SSSR count). The minimum absolute atomic E-state index is 0. The van der Waals surface area contributed by atoms with Gasteiger partial charge in [-0.25, -0.2) is 0 Å². The van der Waals surface area contributed by atoms with Crippen molar-refractivity contribution in [2.75, 3.05) is 7.05 Å². The summed E-state index contributed by atoms with van der Waals surface area (Å²) in [4.78, 5) is 0. The predicted octanol–water partition coefficient (Wildman–Crippen LogP) is 2.40. The summed E-state index contributed by atoms with van der Waals surface area (Å²) in [5, 5.41) is 13.4. The van der Waals surface area contributed by atoms with E-state index < -0.39 is 6.10 Å². The molecule has 0 aliphatic rings. The Morgan fingerprint density at radius 3 is 2.57 bits per heavy atom. The van der Waals surface area contributed by atoms with Crippen molar-refractivity contribution in [3.8, 4) is 0 Å². The molecule has 2 atom stereocenters. The summed E-state index contributed by atoms with van der Waals surface area (Å²) in [5.74, 6) is 0. The smallest absolute Gasteiger partial charge is 0.0940 e. The topological polar surface area (TPSA) is 32.3 Å². The van der Waals surface area contributed by atoms with Gasteiger partial charge in [0.25, 0.3) is 0 Å². The minimum Gasteiger partial charge on any atom is -0.387 e. The van der Waals surface area contributed by atoms with E-state index >= 15 is 0 Å². The van der Waals surface area contributed by atoms with Crippen molar-refractivity contribution in [3.63, 3.8) is 0 Å². The van der Waals surface area contributed by atoms with Gasteiger partial charge in [0.2, 0.25) is 0 Å². The number of hydrogen-bond acceptors (Lipinski definition) is 2. The highest BCUT2D eigenvalue weighted by Gasteiger charge is 2.13. The lowest BCUT2D eigenvalue weighted by atomic mass is 10.0. The first-order chi connectivity index (χ1) is 6.15. The average molecular weight is 236 g/mol. The summed E-state index contributed by atoms with van der Waals surface area (Å²) in [6, 6.07) is 7.30. The van der Waals surface area contributed by atoms with E-state index in [0.29, 0.717) is 5.02 Å². The van der Waals surface area contributed by atoms with E-state index in [0.717, 1.165) is 5.56 Å². The minimum atomic E-state index is -0.510. The molecule has 0 aliphatic heterocycles. The summed E-state index contributed by atoms with van der Waals surface area (Å²) in [7, 11) is 1.82. The monoisotopic (exact) mass is 235 g/mol. The molecule has 2 nitrogen and oxygen atoms in total. The third-order valence-corrected chi connectivity index (χ3v) is 2.35. The maximum Gasteiger partial charge on any atom is 0.0940 e. The summed E-state index contributed by atoms with van der Waals surface area (Å²) < 4.78 is 0. The molecule has 0 spiro atoms. The maximum absolute atomic E-state index is 9.79. The van der Waals surface area contributed by atoms with Crippen molar-refractivity contribution in [1.29, 1.82) is 0 Å². The zero-order chi connectivity index (χ0) is 9.84. The Morgan fingerprint density at radius 1 is 1.43 bits per heavy atom. The molecule has 0 bridgehead atoms. The lowest BCUT2D eigenvalue weighted by molar-refractivity contribution is 0.140. The second-order valence-electron chi connectivity index (χ2n) is 3.08. The Morgan fingerprint density at radius 2 is 2.07 bits per heavy atom. The normalized spacial score (nSPS) is 14.3. The molecule has 0 saturated carbocycles. The molecule has 0 fully saturated rings. The van der Waals surface area contributed by atoms with Crippen molar-refractivity contribution in [1.82, 2.24) is 5.32 Å². The molecule has 0 unspecified atom stereocenters. The van der Waals surface area contributed by atoms with Gasteiger partial charge in [-0.1, -0.05) is 23.7 Å². The van der Waals surface area contributed by atoms with E-state index in [1.54, 1.807) is 12.1 Å². The van der Waals surface area contributed by atoms with Gasteiger partial charge in [-0.15, -0.1) is 12.4 Å². The third kappa shape index (κ3) is 3.46. The van der Waals surface area contributed by atoms with E-state index in [9.17, 15) is 5.11 Å². The highest BCUT2D eigenvalue weighted by Crippen LogP contribution is 2.19. The Hall–Kier alpha value is -0.280. The van der Waals surface area contributed by atoms with Crippen molar-refractivity contribution in [3.05, 3.63) is 34.9 Å². The van der Waals surface area contributed by atoms with Gasteiger partial charge in [0.1, 0.15) is 0 Å². The van der Waals surface area contributed by atoms with E-state index in [-0.39, 0.29) is 18.4 Å². The predicted molar refractivity (Wildman–Crippen MR) is 62.2 cm³/mol. The zero-order valence-electron chi connectivity index (χ0n) is 8.20. The standard InChI is InChI=1S/C10H14ClNO.ClH/c1-7(12-2)10(13)8-4-3-5-9(11)6-8;/h3-7,10,12-13H,1-2H3;1H/t7-,10+;/m0./s1. The van der Waals surface area contributed by atoms with Crippen LogP contribution in [0.15, 0.2) is 24.3 Å². The molecule has 1 aromatic carbocycles. The second-order valence-corrected chi connectivity index (χ2v) is 3.51. The molecule has 0 aromatic heterocycles. The van der Waals surface area contributed by atoms with Crippen LogP contribution in [0, 0.1) is 0 Å². The van der Waals surface area contributed by atoms with Gasteiger partial charge in [0.15, 0.2) is 0 Å². The number of hydrogen-bond donors (Lipinski definition) is 2. The Labute approximate surface area is 95.7 Å². The number of aliphatic hydroxyl groups is 1. The molecular weight excluding hydrogens is 221 g/mol. The van der Waals surface area contributed by atoms with Crippen LogP contribution in [-0.2, 0) is 0 Å². The first kappa shape index (κ1) is 13.7. The lowest BCUT2D eigenvalue weighted by Gasteiger charge is -2.18. The molecule has 0 aliphatic carbocycles. The molecule has 0 radical (unpaired) electrons. The van der Waals surface area contributed by atoms with Gasteiger partial charge >= 0.3 is 0 Å². The van der Waals surface area contributed by atoms with E-state index in [4.69, 9.17) is 11.6 Å². The van der Waals surface area contributed by atoms with Crippen LogP contribution in [0.1, 0.15) is 18.6 Å². The molecule has 0 heterocycles. The Balaban J connectivity index is 0.00000169. The molecule has 0 saturated heterocycles. The number of rotatable bonds is 3. The van der Waals surface area contributed by atoms with Gasteiger partial charge in [-0.2, -0.15) is 0 Å². The lowest BCUT2D eigenvalue weighted by Crippen LogP contribution is -2.28. The van der Waals surface area contributed by atoms with Crippen LogP contribution in [0.2, 0.25) is 5.02 Å². The highest BCUT2D eigenvalue weighted by atomic mass is 35.5. The summed E-state index contributed by atoms with van der Waals surface area (Å²) in [6.07, 6.45) is -0.510. The van der Waals surface area contributed by atoms with Gasteiger partial charge in [0.05, 0.1) is 6.10 Å². The number of likely N-dealkylation sites (N-methyl/N-ethyl adjacent to an activating group) is 1. The maximum atomic E-state index is 9.79. The largest absolute Gasteiger partial charge is 0.387 e. The molecule has 80 valence electrons. The second kappa shape index (κ2) is 6.25. The van der Waals surface area contributed by atoms with Gasteiger partial charge in [-0.3, -0.25) is 0 Å². The van der Waals surface area contributed by atoms with Gasteiger partial charge in [0, 0.05) is 11.1 Å². The third-order valence-electron chi connectivity index (χ3n) is 2.12. The van der Waals surface area contributed by atoms with Crippen LogP contribution in [0.3, 0.4) is 0 Å². The quantitative estimate of drug-likeness (QED) is 0.844. The van der Waals surface area contributed by atoms with Crippen LogP contribution >= 0.6 is 24.0 Å². The number of halogens is 2. The van der Waals surface area contributed by atoms with Crippen molar-refractivity contribution < 1.29 is 5.11 Å². The van der Waals surface area contributed by atoms with Crippen LogP contribution in [-0.4, -0.2) is 18.2 Å². The fourth-order valence-electron chi connectivity index (χ4n) is 1.14. The first-order valence-corrected chi connectivity index (χ1v) is 4.63. The van der Waals surface area contributed by atoms with Gasteiger partial charge < -0.3 is 10.4 Å². The number of aliphatic hydroxyl groups excluding tert-OH is 1. The molecule has 2 N–H and O–H groups in total. The average Bonchev–Trinajstić information content (AvgIpc) is 2.15. The molecule has 1 aromatic rings. The fourth-order valence-corrected chi connectivity index (χ4v) is 1.34. The fraction of sp³-hybridized carbons (Fsp3) is 0.400. The SMILES string of the molecule is CN[C@@H](C)[C@@H](O)c1cccc(Cl)c1.Cl. The molecule has 14 heavy (non-hydrogen) atoms. The summed E-state index contributed by atoms with van der Waals surface area (Å²) >= 11 is 5.81. The van der Waals surface area contributed by atoms with E-state index in [1.165, 1.54) is 0 Å². The highest BCUT2D eigenvalue weighted by molar-refractivity contribution is 6.30. The van der Waals surface area contributed by atoms with Crippen molar-refractivity contribution >= 4 is 24.0 Å². The van der Waals surface area contributed by atoms with Crippen molar-refractivity contribution in [2.24, 2.45) is 0 Å². The van der Waals surface area contributed by atoms with Crippen LogP contribution < -0.4 is 5.32 Å². The molecule has 0 amide bonds. The van der Waals surface area contributed by atoms with E-state index in [2.05, 4.69) is 5.32 Å². The first-order valence-electron chi connectivity index (χ1n) is 4.26. The number of nitrogens with one attached hydrogen (secondary N) is 1. The van der Waals surface area contributed by atoms with E-state index in [1.807, 2.05) is 26.1 Å². The Bertz CT molecular complexity index is 281. The summed E-state index contributed by atoms with van der Waals surface area (Å²) in [5.41, 5.74) is 0.842. The van der Waals surface area contributed by atoms with Crippen LogP contribution in [0.5, 0.6) is 0 Å². The van der Waals surface area contributed by atoms with Crippen LogP contribution in [0.4, 0.5) is 0 Å². The Kier molecular flexibility index (Phi) is 6.12. The van der Waals surface area contributed by atoms with Gasteiger partial charge in [-0.05, 0) is 31.7 Å². The van der Waals surface area contributed by atoms with Crippen molar-refractivity contribution in [2.45, 2.75) is 19.1 Å². The molecular formula is C10H15Cl2NO.